The zero-order chi connectivity index (χ0) is 10.2. The van der Waals surface area contributed by atoms with Crippen LogP contribution in [0, 0.1) is 0 Å². The molecule has 2 rings (SSSR count). The summed E-state index contributed by atoms with van der Waals surface area (Å²) >= 11 is 0. The van der Waals surface area contributed by atoms with Gasteiger partial charge in [-0.2, -0.15) is 8.42 Å². The van der Waals surface area contributed by atoms with E-state index in [1.54, 1.807) is 18.2 Å². The minimum atomic E-state index is -4.03. The molecule has 0 bridgehead atoms. The second-order valence-electron chi connectivity index (χ2n) is 3.27. The van der Waals surface area contributed by atoms with Crippen molar-refractivity contribution in [2.24, 2.45) is 0 Å². The molecular formula is C10H10O3S. The maximum absolute atomic E-state index is 11.1. The molecule has 0 heterocycles. The highest BCUT2D eigenvalue weighted by atomic mass is 32.2. The molecule has 1 aromatic rings. The van der Waals surface area contributed by atoms with Crippen LogP contribution in [0.15, 0.2) is 36.4 Å². The smallest absolute Gasteiger partial charge is 0.275 e. The molecule has 74 valence electrons. The first-order valence-corrected chi connectivity index (χ1v) is 5.80. The van der Waals surface area contributed by atoms with Gasteiger partial charge in [0.2, 0.25) is 0 Å². The van der Waals surface area contributed by atoms with Gasteiger partial charge in [-0.05, 0) is 17.5 Å². The van der Waals surface area contributed by atoms with Crippen molar-refractivity contribution in [3.05, 3.63) is 47.5 Å². The van der Waals surface area contributed by atoms with Gasteiger partial charge >= 0.3 is 0 Å². The lowest BCUT2D eigenvalue weighted by atomic mass is 9.97. The van der Waals surface area contributed by atoms with E-state index >= 15 is 0 Å². The Morgan fingerprint density at radius 2 is 2.00 bits per heavy atom. The lowest BCUT2D eigenvalue weighted by molar-refractivity contribution is 0.475. The fraction of sp³-hybridized carbons (Fsp3) is 0.200. The van der Waals surface area contributed by atoms with Gasteiger partial charge in [0.25, 0.3) is 10.1 Å². The number of hydrogen-bond donors (Lipinski definition) is 1. The molecule has 1 aromatic carbocycles. The number of allylic oxidation sites excluding steroid dienone is 1. The van der Waals surface area contributed by atoms with Crippen molar-refractivity contribution < 1.29 is 13.0 Å². The Balaban J connectivity index is 2.57. The summed E-state index contributed by atoms with van der Waals surface area (Å²) in [7, 11) is -4.03. The SMILES string of the molecule is O=S(=O)(O)C1C=CCc2ccccc21. The maximum Gasteiger partial charge on any atom is 0.275 e. The van der Waals surface area contributed by atoms with Gasteiger partial charge in [-0.25, -0.2) is 0 Å². The van der Waals surface area contributed by atoms with Gasteiger partial charge in [0.15, 0.2) is 0 Å². The lowest BCUT2D eigenvalue weighted by Crippen LogP contribution is -2.14. The van der Waals surface area contributed by atoms with Crippen LogP contribution >= 0.6 is 0 Å². The Morgan fingerprint density at radius 1 is 1.29 bits per heavy atom. The fourth-order valence-corrected chi connectivity index (χ4v) is 2.54. The molecule has 0 saturated carbocycles. The number of hydrogen-bond acceptors (Lipinski definition) is 2. The minimum Gasteiger partial charge on any atom is -0.285 e. The summed E-state index contributed by atoms with van der Waals surface area (Å²) in [4.78, 5) is 0. The standard InChI is InChI=1S/C10H10O3S/c11-14(12,13)10-7-3-5-8-4-1-2-6-9(8)10/h1-4,6-7,10H,5H2,(H,11,12,13). The van der Waals surface area contributed by atoms with Gasteiger partial charge in [-0.3, -0.25) is 4.55 Å². The second-order valence-corrected chi connectivity index (χ2v) is 4.80. The van der Waals surface area contributed by atoms with Crippen LogP contribution in [0.3, 0.4) is 0 Å². The van der Waals surface area contributed by atoms with Crippen molar-refractivity contribution in [2.45, 2.75) is 11.7 Å². The van der Waals surface area contributed by atoms with E-state index < -0.39 is 15.4 Å². The summed E-state index contributed by atoms with van der Waals surface area (Å²) in [5.41, 5.74) is 1.63. The van der Waals surface area contributed by atoms with E-state index in [0.717, 1.165) is 12.0 Å². The van der Waals surface area contributed by atoms with Gasteiger partial charge in [0.05, 0.1) is 0 Å². The first-order chi connectivity index (χ1) is 6.59. The van der Waals surface area contributed by atoms with Gasteiger partial charge in [-0.15, -0.1) is 0 Å². The van der Waals surface area contributed by atoms with Gasteiger partial charge in [0.1, 0.15) is 5.25 Å². The quantitative estimate of drug-likeness (QED) is 0.567. The van der Waals surface area contributed by atoms with E-state index in [1.165, 1.54) is 6.08 Å². The predicted molar refractivity (Wildman–Crippen MR) is 53.6 cm³/mol. The van der Waals surface area contributed by atoms with Crippen LogP contribution in [0.4, 0.5) is 0 Å². The molecule has 3 nitrogen and oxygen atoms in total. The second kappa shape index (κ2) is 3.22. The zero-order valence-corrected chi connectivity index (χ0v) is 8.24. The van der Waals surface area contributed by atoms with Crippen molar-refractivity contribution >= 4 is 10.1 Å². The molecular weight excluding hydrogens is 200 g/mol. The van der Waals surface area contributed by atoms with Crippen LogP contribution in [0.1, 0.15) is 16.4 Å². The van der Waals surface area contributed by atoms with E-state index in [4.69, 9.17) is 4.55 Å². The van der Waals surface area contributed by atoms with E-state index in [-0.39, 0.29) is 0 Å². The molecule has 0 aliphatic heterocycles. The van der Waals surface area contributed by atoms with Crippen LogP contribution < -0.4 is 0 Å². The molecule has 0 aromatic heterocycles. The summed E-state index contributed by atoms with van der Waals surface area (Å²) in [6.45, 7) is 0. The monoisotopic (exact) mass is 210 g/mol. The molecule has 14 heavy (non-hydrogen) atoms. The Bertz CT molecular complexity index is 474. The van der Waals surface area contributed by atoms with Crippen LogP contribution in [-0.4, -0.2) is 13.0 Å². The highest BCUT2D eigenvalue weighted by Gasteiger charge is 2.26. The molecule has 0 radical (unpaired) electrons. The summed E-state index contributed by atoms with van der Waals surface area (Å²) < 4.78 is 31.1. The Hall–Kier alpha value is -1.13. The van der Waals surface area contributed by atoms with Crippen molar-refractivity contribution in [1.29, 1.82) is 0 Å². The summed E-state index contributed by atoms with van der Waals surface area (Å²) in [6.07, 6.45) is 4.01. The van der Waals surface area contributed by atoms with Crippen LogP contribution in [0.5, 0.6) is 0 Å². The molecule has 1 unspecified atom stereocenters. The topological polar surface area (TPSA) is 54.4 Å². The first kappa shape index (κ1) is 9.43. The molecule has 0 spiro atoms. The number of rotatable bonds is 1. The van der Waals surface area contributed by atoms with E-state index in [2.05, 4.69) is 0 Å². The molecule has 1 N–H and O–H groups in total. The van der Waals surface area contributed by atoms with Crippen LogP contribution in [0.25, 0.3) is 0 Å². The van der Waals surface area contributed by atoms with E-state index in [9.17, 15) is 8.42 Å². The first-order valence-electron chi connectivity index (χ1n) is 4.30. The van der Waals surface area contributed by atoms with Gasteiger partial charge < -0.3 is 0 Å². The molecule has 0 saturated heterocycles. The minimum absolute atomic E-state index is 0.678. The molecule has 1 aliphatic carbocycles. The van der Waals surface area contributed by atoms with Crippen molar-refractivity contribution in [3.63, 3.8) is 0 Å². The molecule has 4 heteroatoms. The van der Waals surface area contributed by atoms with Crippen LogP contribution in [-0.2, 0) is 16.5 Å². The molecule has 1 aliphatic rings. The predicted octanol–water partition coefficient (Wildman–Crippen LogP) is 1.73. The average Bonchev–Trinajstić information content (AvgIpc) is 2.15. The summed E-state index contributed by atoms with van der Waals surface area (Å²) in [5, 5.41) is -0.896. The summed E-state index contributed by atoms with van der Waals surface area (Å²) in [5.74, 6) is 0. The van der Waals surface area contributed by atoms with E-state index in [0.29, 0.717) is 5.56 Å². The van der Waals surface area contributed by atoms with Crippen molar-refractivity contribution in [3.8, 4) is 0 Å². The number of fused-ring (bicyclic) bond motifs is 1. The maximum atomic E-state index is 11.1. The third-order valence-corrected chi connectivity index (χ3v) is 3.38. The third-order valence-electron chi connectivity index (χ3n) is 2.33. The van der Waals surface area contributed by atoms with Crippen molar-refractivity contribution in [1.82, 2.24) is 0 Å². The highest BCUT2D eigenvalue weighted by Crippen LogP contribution is 2.30. The normalized spacial score (nSPS) is 20.5. The molecule has 1 atom stereocenters. The average molecular weight is 210 g/mol. The number of benzene rings is 1. The Kier molecular flexibility index (Phi) is 2.17. The van der Waals surface area contributed by atoms with Gasteiger partial charge in [0, 0.05) is 0 Å². The van der Waals surface area contributed by atoms with Crippen molar-refractivity contribution in [2.75, 3.05) is 0 Å². The third kappa shape index (κ3) is 1.58. The summed E-state index contributed by atoms with van der Waals surface area (Å²) in [6, 6.07) is 7.24. The zero-order valence-electron chi connectivity index (χ0n) is 7.42. The van der Waals surface area contributed by atoms with E-state index in [1.807, 2.05) is 12.1 Å². The fourth-order valence-electron chi connectivity index (χ4n) is 1.68. The lowest BCUT2D eigenvalue weighted by Gasteiger charge is -2.17. The largest absolute Gasteiger partial charge is 0.285 e. The molecule has 0 amide bonds. The van der Waals surface area contributed by atoms with Gasteiger partial charge in [-0.1, -0.05) is 36.4 Å². The Morgan fingerprint density at radius 3 is 2.71 bits per heavy atom. The van der Waals surface area contributed by atoms with Crippen LogP contribution in [0.2, 0.25) is 0 Å². The molecule has 0 fully saturated rings. The highest BCUT2D eigenvalue weighted by molar-refractivity contribution is 7.86. The Labute approximate surface area is 82.8 Å².